The molecule has 6 aromatic rings. The number of ether oxygens (including phenoxy) is 1. The Bertz CT molecular complexity index is 2260. The van der Waals surface area contributed by atoms with Gasteiger partial charge in [0, 0.05) is 56.2 Å². The van der Waals surface area contributed by atoms with Crippen molar-refractivity contribution in [2.75, 3.05) is 30.4 Å². The summed E-state index contributed by atoms with van der Waals surface area (Å²) in [5, 5.41) is 5.46. The number of hydrogen-bond donors (Lipinski definition) is 3. The standard InChI is InChI=1S/C39H35Cl3N6O3/c1-22(28-11-9-25(40)19-30(28)42)48-21-44-35(23-6-4-3-5-7-23)37(48)34-29-12-10-26(41)20-31(29)45-36(34)38(49)46-32-18-24(39(50)51-2)8-13-33(32)47-16-14-27(43)15-17-47/h3-13,18-22,27,45H,14-17,43H2,1-2H3,(H,46,49). The molecule has 2 aromatic heterocycles. The highest BCUT2D eigenvalue weighted by molar-refractivity contribution is 6.35. The van der Waals surface area contributed by atoms with E-state index in [0.717, 1.165) is 35.0 Å². The van der Waals surface area contributed by atoms with Crippen LogP contribution in [0.1, 0.15) is 52.2 Å². The number of aromatic amines is 1. The van der Waals surface area contributed by atoms with E-state index in [1.807, 2.05) is 60.0 Å². The van der Waals surface area contributed by atoms with Gasteiger partial charge in [-0.1, -0.05) is 77.3 Å². The Hall–Kier alpha value is -4.80. The molecule has 1 aliphatic rings. The molecule has 0 radical (unpaired) electrons. The first-order valence-corrected chi connectivity index (χ1v) is 17.7. The van der Waals surface area contributed by atoms with Crippen LogP contribution in [0.15, 0.2) is 91.3 Å². The van der Waals surface area contributed by atoms with E-state index in [1.54, 1.807) is 42.7 Å². The lowest BCUT2D eigenvalue weighted by atomic mass is 9.99. The SMILES string of the molecule is COC(=O)c1ccc(N2CCC(N)CC2)c(NC(=O)c2[nH]c3cc(Cl)ccc3c2-c2c(-c3ccccc3)ncn2C(C)c2ccc(Cl)cc2Cl)c1. The van der Waals surface area contributed by atoms with Crippen LogP contribution < -0.4 is 16.0 Å². The molecule has 9 nitrogen and oxygen atoms in total. The smallest absolute Gasteiger partial charge is 0.337 e. The number of carbonyl (C=O) groups is 2. The Labute approximate surface area is 310 Å². The zero-order valence-electron chi connectivity index (χ0n) is 27.9. The first-order valence-electron chi connectivity index (χ1n) is 16.6. The number of nitrogens with two attached hydrogens (primary N) is 1. The summed E-state index contributed by atoms with van der Waals surface area (Å²) in [6, 6.07) is 25.7. The number of nitrogens with one attached hydrogen (secondary N) is 2. The highest BCUT2D eigenvalue weighted by atomic mass is 35.5. The summed E-state index contributed by atoms with van der Waals surface area (Å²) < 4.78 is 7.03. The predicted octanol–water partition coefficient (Wildman–Crippen LogP) is 9.23. The molecule has 260 valence electrons. The monoisotopic (exact) mass is 740 g/mol. The molecule has 1 atom stereocenters. The number of methoxy groups -OCH3 is 1. The number of fused-ring (bicyclic) bond motifs is 1. The number of amides is 1. The summed E-state index contributed by atoms with van der Waals surface area (Å²) in [5.74, 6) is -0.928. The van der Waals surface area contributed by atoms with Crippen LogP contribution in [-0.2, 0) is 4.74 Å². The number of nitrogens with zero attached hydrogens (tertiary/aromatic N) is 3. The second-order valence-electron chi connectivity index (χ2n) is 12.6. The predicted molar refractivity (Wildman–Crippen MR) is 205 cm³/mol. The fraction of sp³-hybridized carbons (Fsp3) is 0.205. The van der Waals surface area contributed by atoms with Gasteiger partial charge in [-0.3, -0.25) is 4.79 Å². The van der Waals surface area contributed by atoms with Gasteiger partial charge in [0.15, 0.2) is 0 Å². The number of benzene rings is 4. The largest absolute Gasteiger partial charge is 0.465 e. The quantitative estimate of drug-likeness (QED) is 0.134. The third-order valence-corrected chi connectivity index (χ3v) is 10.2. The van der Waals surface area contributed by atoms with Gasteiger partial charge in [-0.15, -0.1) is 0 Å². The molecule has 1 unspecified atom stereocenters. The maximum Gasteiger partial charge on any atom is 0.337 e. The Balaban J connectivity index is 1.41. The van der Waals surface area contributed by atoms with E-state index in [9.17, 15) is 9.59 Å². The number of H-pyrrole nitrogens is 1. The minimum atomic E-state index is -0.509. The maximum atomic E-state index is 14.7. The summed E-state index contributed by atoms with van der Waals surface area (Å²) in [6.07, 6.45) is 3.38. The molecule has 4 aromatic carbocycles. The second kappa shape index (κ2) is 14.4. The van der Waals surface area contributed by atoms with Crippen molar-refractivity contribution in [2.45, 2.75) is 31.8 Å². The molecule has 0 bridgehead atoms. The first-order chi connectivity index (χ1) is 24.6. The maximum absolute atomic E-state index is 14.7. The van der Waals surface area contributed by atoms with E-state index >= 15 is 0 Å². The van der Waals surface area contributed by atoms with E-state index < -0.39 is 11.9 Å². The molecule has 1 saturated heterocycles. The van der Waals surface area contributed by atoms with Gasteiger partial charge in [0.25, 0.3) is 5.91 Å². The Morgan fingerprint density at radius 2 is 1.69 bits per heavy atom. The Morgan fingerprint density at radius 1 is 0.961 bits per heavy atom. The lowest BCUT2D eigenvalue weighted by Gasteiger charge is -2.33. The fourth-order valence-corrected chi connectivity index (χ4v) is 7.51. The summed E-state index contributed by atoms with van der Waals surface area (Å²) in [5.41, 5.74) is 12.4. The van der Waals surface area contributed by atoms with Crippen molar-refractivity contribution >= 4 is 69.0 Å². The van der Waals surface area contributed by atoms with Crippen molar-refractivity contribution in [3.63, 3.8) is 0 Å². The Morgan fingerprint density at radius 3 is 2.41 bits per heavy atom. The van der Waals surface area contributed by atoms with Crippen molar-refractivity contribution in [1.82, 2.24) is 14.5 Å². The highest BCUT2D eigenvalue weighted by Crippen LogP contribution is 2.42. The van der Waals surface area contributed by atoms with E-state index in [-0.39, 0.29) is 17.8 Å². The molecule has 0 aliphatic carbocycles. The van der Waals surface area contributed by atoms with Crippen LogP contribution in [0.25, 0.3) is 33.4 Å². The van der Waals surface area contributed by atoms with Gasteiger partial charge in [0.05, 0.1) is 47.8 Å². The average molecular weight is 742 g/mol. The molecule has 12 heteroatoms. The molecule has 51 heavy (non-hydrogen) atoms. The highest BCUT2D eigenvalue weighted by Gasteiger charge is 2.29. The third kappa shape index (κ3) is 6.82. The minimum Gasteiger partial charge on any atom is -0.465 e. The summed E-state index contributed by atoms with van der Waals surface area (Å²) in [6.45, 7) is 3.45. The zero-order chi connectivity index (χ0) is 35.8. The molecule has 3 heterocycles. The zero-order valence-corrected chi connectivity index (χ0v) is 30.2. The molecular weight excluding hydrogens is 707 g/mol. The summed E-state index contributed by atoms with van der Waals surface area (Å²) >= 11 is 19.5. The van der Waals surface area contributed by atoms with Gasteiger partial charge < -0.3 is 30.2 Å². The van der Waals surface area contributed by atoms with Crippen LogP contribution in [0.5, 0.6) is 0 Å². The molecule has 0 saturated carbocycles. The normalized spacial score (nSPS) is 14.1. The van der Waals surface area contributed by atoms with Gasteiger partial charge in [-0.05, 0) is 67.8 Å². The van der Waals surface area contributed by atoms with Crippen LogP contribution in [0.4, 0.5) is 11.4 Å². The van der Waals surface area contributed by atoms with Crippen LogP contribution in [0, 0.1) is 0 Å². The Kier molecular flexibility index (Phi) is 9.81. The lowest BCUT2D eigenvalue weighted by molar-refractivity contribution is 0.0600. The molecule has 1 amide bonds. The molecule has 0 spiro atoms. The molecular formula is C39H35Cl3N6O3. The fourth-order valence-electron chi connectivity index (χ4n) is 6.77. The number of hydrogen-bond acceptors (Lipinski definition) is 6. The second-order valence-corrected chi connectivity index (χ2v) is 13.9. The van der Waals surface area contributed by atoms with Crippen molar-refractivity contribution in [3.05, 3.63) is 123 Å². The number of imidazole rings is 1. The van der Waals surface area contributed by atoms with Gasteiger partial charge >= 0.3 is 5.97 Å². The number of piperidine rings is 1. The molecule has 7 rings (SSSR count). The van der Waals surface area contributed by atoms with Crippen LogP contribution in [0.3, 0.4) is 0 Å². The molecule has 4 N–H and O–H groups in total. The number of halogens is 3. The van der Waals surface area contributed by atoms with Gasteiger partial charge in [-0.2, -0.15) is 0 Å². The number of carbonyl (C=O) groups excluding carboxylic acids is 2. The van der Waals surface area contributed by atoms with Crippen LogP contribution >= 0.6 is 34.8 Å². The van der Waals surface area contributed by atoms with Crippen molar-refractivity contribution in [3.8, 4) is 22.5 Å². The summed E-state index contributed by atoms with van der Waals surface area (Å²) in [7, 11) is 1.33. The summed E-state index contributed by atoms with van der Waals surface area (Å²) in [4.78, 5) is 37.8. The van der Waals surface area contributed by atoms with Crippen LogP contribution in [-0.4, -0.2) is 52.7 Å². The number of esters is 1. The van der Waals surface area contributed by atoms with Crippen molar-refractivity contribution in [2.24, 2.45) is 5.73 Å². The number of anilines is 2. The third-order valence-electron chi connectivity index (χ3n) is 9.44. The van der Waals surface area contributed by atoms with E-state index in [0.29, 0.717) is 61.9 Å². The minimum absolute atomic E-state index is 0.114. The lowest BCUT2D eigenvalue weighted by Crippen LogP contribution is -2.40. The van der Waals surface area contributed by atoms with Crippen LogP contribution in [0.2, 0.25) is 15.1 Å². The van der Waals surface area contributed by atoms with E-state index in [2.05, 4.69) is 15.2 Å². The van der Waals surface area contributed by atoms with Crippen molar-refractivity contribution in [1.29, 1.82) is 0 Å². The van der Waals surface area contributed by atoms with Crippen molar-refractivity contribution < 1.29 is 14.3 Å². The molecule has 1 fully saturated rings. The average Bonchev–Trinajstić information content (AvgIpc) is 3.73. The van der Waals surface area contributed by atoms with E-state index in [1.165, 1.54) is 7.11 Å². The number of rotatable bonds is 8. The number of aromatic nitrogens is 3. The van der Waals surface area contributed by atoms with E-state index in [4.69, 9.17) is 50.3 Å². The first kappa shape index (κ1) is 34.6. The van der Waals surface area contributed by atoms with Gasteiger partial charge in [0.1, 0.15) is 5.69 Å². The topological polar surface area (TPSA) is 118 Å². The van der Waals surface area contributed by atoms with Gasteiger partial charge in [0.2, 0.25) is 0 Å². The molecule has 1 aliphatic heterocycles. The van der Waals surface area contributed by atoms with Gasteiger partial charge in [-0.25, -0.2) is 9.78 Å².